The minimum absolute atomic E-state index is 0.312. The number of nitrogens with two attached hydrogens (primary N) is 1. The summed E-state index contributed by atoms with van der Waals surface area (Å²) in [5, 5.41) is 0.671. The van der Waals surface area contributed by atoms with Crippen molar-refractivity contribution in [2.45, 2.75) is 26.7 Å². The van der Waals surface area contributed by atoms with Gasteiger partial charge in [0.05, 0.1) is 12.3 Å². The zero-order valence-electron chi connectivity index (χ0n) is 16.0. The van der Waals surface area contributed by atoms with Crippen LogP contribution in [0.5, 0.6) is 0 Å². The van der Waals surface area contributed by atoms with Crippen molar-refractivity contribution in [3.05, 3.63) is 70.9 Å². The topological polar surface area (TPSA) is 73.4 Å². The van der Waals surface area contributed by atoms with Gasteiger partial charge in [-0.3, -0.25) is 0 Å². The van der Waals surface area contributed by atoms with Crippen molar-refractivity contribution in [2.24, 2.45) is 4.99 Å². The Morgan fingerprint density at radius 1 is 1.04 bits per heavy atom. The predicted molar refractivity (Wildman–Crippen MR) is 115 cm³/mol. The van der Waals surface area contributed by atoms with Gasteiger partial charge < -0.3 is 10.5 Å². The average molecular weight is 395 g/mol. The molecule has 0 aliphatic carbocycles. The molecule has 5 nitrogen and oxygen atoms in total. The Kier molecular flexibility index (Phi) is 6.61. The number of benzene rings is 2. The Bertz CT molecular complexity index is 956. The maximum Gasteiger partial charge on any atom is 0.254 e. The molecule has 0 spiro atoms. The van der Waals surface area contributed by atoms with Crippen LogP contribution in [0.4, 0.5) is 11.8 Å². The smallest absolute Gasteiger partial charge is 0.254 e. The molecule has 0 saturated carbocycles. The SMILES string of the molecule is CCOC(Cc1ccccc1)=Nc1nc(N)c(-c2ccc(Cl)cc2)c(CC)n1. The lowest BCUT2D eigenvalue weighted by atomic mass is 10.0. The van der Waals surface area contributed by atoms with Crippen LogP contribution in [-0.2, 0) is 17.6 Å². The number of aromatic nitrogens is 2. The molecule has 1 aromatic heterocycles. The molecule has 3 rings (SSSR count). The molecule has 6 heteroatoms. The van der Waals surface area contributed by atoms with Gasteiger partial charge in [0, 0.05) is 17.0 Å². The number of anilines is 1. The molecule has 1 heterocycles. The number of nitrogen functional groups attached to an aromatic ring is 1. The second kappa shape index (κ2) is 9.33. The van der Waals surface area contributed by atoms with E-state index in [4.69, 9.17) is 22.1 Å². The summed E-state index contributed by atoms with van der Waals surface area (Å²) in [6.07, 6.45) is 1.27. The van der Waals surface area contributed by atoms with Crippen LogP contribution in [0.2, 0.25) is 5.02 Å². The summed E-state index contributed by atoms with van der Waals surface area (Å²) in [7, 11) is 0. The van der Waals surface area contributed by atoms with E-state index in [0.717, 1.165) is 22.4 Å². The number of aliphatic imine (C=N–C) groups is 1. The first-order valence-electron chi connectivity index (χ1n) is 9.27. The van der Waals surface area contributed by atoms with Gasteiger partial charge in [0.15, 0.2) is 5.90 Å². The monoisotopic (exact) mass is 394 g/mol. The van der Waals surface area contributed by atoms with Gasteiger partial charge >= 0.3 is 0 Å². The van der Waals surface area contributed by atoms with Gasteiger partial charge in [-0.25, -0.2) is 4.98 Å². The van der Waals surface area contributed by atoms with E-state index in [0.29, 0.717) is 42.1 Å². The second-order valence-corrected chi connectivity index (χ2v) is 6.63. The predicted octanol–water partition coefficient (Wildman–Crippen LogP) is 5.25. The van der Waals surface area contributed by atoms with E-state index in [1.807, 2.05) is 68.4 Å². The van der Waals surface area contributed by atoms with Gasteiger partial charge in [-0.2, -0.15) is 9.98 Å². The van der Waals surface area contributed by atoms with Crippen LogP contribution in [-0.4, -0.2) is 22.5 Å². The van der Waals surface area contributed by atoms with Gasteiger partial charge in [0.25, 0.3) is 5.95 Å². The number of aryl methyl sites for hydroxylation is 1. The highest BCUT2D eigenvalue weighted by molar-refractivity contribution is 6.30. The third-order valence-corrected chi connectivity index (χ3v) is 4.45. The fourth-order valence-electron chi connectivity index (χ4n) is 2.92. The lowest BCUT2D eigenvalue weighted by molar-refractivity contribution is 0.320. The van der Waals surface area contributed by atoms with Crippen LogP contribution in [0.15, 0.2) is 59.6 Å². The number of hydrogen-bond acceptors (Lipinski definition) is 5. The molecule has 0 bridgehead atoms. The Hall–Kier alpha value is -2.92. The molecular formula is C22H23ClN4O. The Morgan fingerprint density at radius 3 is 2.39 bits per heavy atom. The summed E-state index contributed by atoms with van der Waals surface area (Å²) in [4.78, 5) is 13.6. The molecule has 2 N–H and O–H groups in total. The molecule has 28 heavy (non-hydrogen) atoms. The summed E-state index contributed by atoms with van der Waals surface area (Å²) in [6.45, 7) is 4.48. The standard InChI is InChI=1S/C22H23ClN4O/c1-3-18-20(16-10-12-17(23)13-11-16)21(24)27-22(25-18)26-19(28-4-2)14-15-8-6-5-7-9-15/h5-13H,3-4,14H2,1-2H3,(H2,24,25,27). The first-order valence-corrected chi connectivity index (χ1v) is 9.65. The number of rotatable bonds is 6. The summed E-state index contributed by atoms with van der Waals surface area (Å²) >= 11 is 6.00. The lowest BCUT2D eigenvalue weighted by Crippen LogP contribution is -2.09. The van der Waals surface area contributed by atoms with Gasteiger partial charge in [-0.1, -0.05) is 61.0 Å². The first-order chi connectivity index (χ1) is 13.6. The highest BCUT2D eigenvalue weighted by atomic mass is 35.5. The van der Waals surface area contributed by atoms with Gasteiger partial charge in [0.1, 0.15) is 5.82 Å². The number of halogens is 1. The van der Waals surface area contributed by atoms with Crippen molar-refractivity contribution in [1.29, 1.82) is 0 Å². The molecule has 0 amide bonds. The highest BCUT2D eigenvalue weighted by Gasteiger charge is 2.14. The molecule has 0 unspecified atom stereocenters. The minimum atomic E-state index is 0.312. The largest absolute Gasteiger partial charge is 0.481 e. The summed E-state index contributed by atoms with van der Waals surface area (Å²) < 4.78 is 5.71. The molecule has 0 aliphatic rings. The molecule has 144 valence electrons. The minimum Gasteiger partial charge on any atom is -0.481 e. The zero-order chi connectivity index (χ0) is 19.9. The van der Waals surface area contributed by atoms with E-state index in [2.05, 4.69) is 15.0 Å². The number of hydrogen-bond donors (Lipinski definition) is 1. The van der Waals surface area contributed by atoms with E-state index < -0.39 is 0 Å². The summed E-state index contributed by atoms with van der Waals surface area (Å²) in [6, 6.07) is 17.5. The van der Waals surface area contributed by atoms with Crippen molar-refractivity contribution in [2.75, 3.05) is 12.3 Å². The molecular weight excluding hydrogens is 372 g/mol. The average Bonchev–Trinajstić information content (AvgIpc) is 2.69. The van der Waals surface area contributed by atoms with E-state index in [-0.39, 0.29) is 0 Å². The maximum absolute atomic E-state index is 6.28. The Morgan fingerprint density at radius 2 is 1.75 bits per heavy atom. The Balaban J connectivity index is 1.97. The quantitative estimate of drug-likeness (QED) is 0.457. The highest BCUT2D eigenvalue weighted by Crippen LogP contribution is 2.30. The van der Waals surface area contributed by atoms with Crippen LogP contribution in [0, 0.1) is 0 Å². The van der Waals surface area contributed by atoms with E-state index >= 15 is 0 Å². The van der Waals surface area contributed by atoms with Crippen molar-refractivity contribution in [1.82, 2.24) is 9.97 Å². The van der Waals surface area contributed by atoms with Crippen molar-refractivity contribution < 1.29 is 4.74 Å². The maximum atomic E-state index is 6.28. The van der Waals surface area contributed by atoms with Crippen LogP contribution in [0.3, 0.4) is 0 Å². The molecule has 0 atom stereocenters. The third kappa shape index (κ3) is 4.87. The van der Waals surface area contributed by atoms with Crippen LogP contribution in [0.25, 0.3) is 11.1 Å². The van der Waals surface area contributed by atoms with E-state index in [1.165, 1.54) is 0 Å². The lowest BCUT2D eigenvalue weighted by Gasteiger charge is -2.12. The van der Waals surface area contributed by atoms with Crippen LogP contribution < -0.4 is 5.73 Å². The second-order valence-electron chi connectivity index (χ2n) is 6.19. The van der Waals surface area contributed by atoms with Crippen molar-refractivity contribution in [3.63, 3.8) is 0 Å². The molecule has 0 saturated heterocycles. The molecule has 0 radical (unpaired) electrons. The van der Waals surface area contributed by atoms with Crippen molar-refractivity contribution >= 4 is 29.3 Å². The van der Waals surface area contributed by atoms with Gasteiger partial charge in [-0.05, 0) is 36.6 Å². The number of ether oxygens (including phenoxy) is 1. The fraction of sp³-hybridized carbons (Fsp3) is 0.227. The fourth-order valence-corrected chi connectivity index (χ4v) is 3.05. The van der Waals surface area contributed by atoms with E-state index in [9.17, 15) is 0 Å². The Labute approximate surface area is 170 Å². The van der Waals surface area contributed by atoms with E-state index in [1.54, 1.807) is 0 Å². The summed E-state index contributed by atoms with van der Waals surface area (Å²) in [5.41, 5.74) is 9.97. The van der Waals surface area contributed by atoms with Crippen LogP contribution >= 0.6 is 11.6 Å². The third-order valence-electron chi connectivity index (χ3n) is 4.20. The molecule has 3 aromatic rings. The zero-order valence-corrected chi connectivity index (χ0v) is 16.8. The molecule has 0 fully saturated rings. The van der Waals surface area contributed by atoms with Crippen molar-refractivity contribution in [3.8, 4) is 11.1 Å². The molecule has 0 aliphatic heterocycles. The number of nitrogens with zero attached hydrogens (tertiary/aromatic N) is 3. The summed E-state index contributed by atoms with van der Waals surface area (Å²) in [5.74, 6) is 1.27. The first kappa shape index (κ1) is 19.8. The normalized spacial score (nSPS) is 11.5. The molecule has 2 aromatic carbocycles. The van der Waals surface area contributed by atoms with Gasteiger partial charge in [-0.15, -0.1) is 0 Å². The van der Waals surface area contributed by atoms with Gasteiger partial charge in [0.2, 0.25) is 0 Å². The van der Waals surface area contributed by atoms with Crippen LogP contribution in [0.1, 0.15) is 25.1 Å².